The van der Waals surface area contributed by atoms with Gasteiger partial charge >= 0.3 is 0 Å². The van der Waals surface area contributed by atoms with Crippen LogP contribution in [0.5, 0.6) is 0 Å². The summed E-state index contributed by atoms with van der Waals surface area (Å²) in [5, 5.41) is 10.6. The number of benzene rings is 1. The van der Waals surface area contributed by atoms with Gasteiger partial charge in [-0.2, -0.15) is 5.10 Å². The van der Waals surface area contributed by atoms with Crippen LogP contribution in [0, 0.1) is 5.82 Å². The lowest BCUT2D eigenvalue weighted by atomic mass is 10.1. The minimum absolute atomic E-state index is 0. The number of hydrogen-bond donors (Lipinski definition) is 2. The lowest BCUT2D eigenvalue weighted by Gasteiger charge is -2.24. The zero-order valence-corrected chi connectivity index (χ0v) is 15.9. The maximum atomic E-state index is 13.1. The molecule has 142 valence electrons. The minimum atomic E-state index is -0.276. The van der Waals surface area contributed by atoms with Gasteiger partial charge in [-0.15, -0.1) is 12.4 Å². The quantitative estimate of drug-likeness (QED) is 0.801. The van der Waals surface area contributed by atoms with E-state index in [1.165, 1.54) is 12.1 Å². The summed E-state index contributed by atoms with van der Waals surface area (Å²) in [5.74, 6) is -0.366. The van der Waals surface area contributed by atoms with Crippen molar-refractivity contribution in [1.82, 2.24) is 25.3 Å². The van der Waals surface area contributed by atoms with Crippen molar-refractivity contribution in [2.45, 2.75) is 19.5 Å². The molecule has 26 heavy (non-hydrogen) atoms. The van der Waals surface area contributed by atoms with Crippen molar-refractivity contribution >= 4 is 18.3 Å². The van der Waals surface area contributed by atoms with Crippen molar-refractivity contribution in [1.29, 1.82) is 0 Å². The molecule has 0 saturated heterocycles. The standard InChI is InChI=1S/C18H24FN5O.ClH/c1-23(2)9-10-24(12-13-3-5-14(19)6-4-13)18(25)17-15-11-20-8-7-16(15)21-22-17;/h3-6,20H,7-12H2,1-2H3,(H,21,22);1H. The Labute approximate surface area is 159 Å². The van der Waals surface area contributed by atoms with Crippen molar-refractivity contribution in [3.8, 4) is 0 Å². The Morgan fingerprint density at radius 3 is 2.65 bits per heavy atom. The normalized spacial score (nSPS) is 13.2. The lowest BCUT2D eigenvalue weighted by molar-refractivity contribution is 0.0724. The monoisotopic (exact) mass is 381 g/mol. The van der Waals surface area contributed by atoms with Gasteiger partial charge in [0.25, 0.3) is 5.91 Å². The van der Waals surface area contributed by atoms with E-state index in [4.69, 9.17) is 0 Å². The van der Waals surface area contributed by atoms with Crippen molar-refractivity contribution in [2.24, 2.45) is 0 Å². The van der Waals surface area contributed by atoms with Crippen LogP contribution in [0.4, 0.5) is 4.39 Å². The highest BCUT2D eigenvalue weighted by Crippen LogP contribution is 2.18. The molecule has 2 heterocycles. The Bertz CT molecular complexity index is 732. The third kappa shape index (κ3) is 4.81. The molecule has 1 aromatic carbocycles. The van der Waals surface area contributed by atoms with Crippen molar-refractivity contribution in [3.63, 3.8) is 0 Å². The summed E-state index contributed by atoms with van der Waals surface area (Å²) in [7, 11) is 3.95. The maximum Gasteiger partial charge on any atom is 0.275 e. The molecule has 0 spiro atoms. The molecule has 0 radical (unpaired) electrons. The fraction of sp³-hybridized carbons (Fsp3) is 0.444. The molecule has 0 saturated carbocycles. The summed E-state index contributed by atoms with van der Waals surface area (Å²) in [6.45, 7) is 3.31. The highest BCUT2D eigenvalue weighted by Gasteiger charge is 2.25. The van der Waals surface area contributed by atoms with Crippen LogP contribution in [0.25, 0.3) is 0 Å². The van der Waals surface area contributed by atoms with Gasteiger partial charge in [-0.3, -0.25) is 9.89 Å². The average molecular weight is 382 g/mol. The van der Waals surface area contributed by atoms with Gasteiger partial charge in [0.1, 0.15) is 5.82 Å². The van der Waals surface area contributed by atoms with E-state index >= 15 is 0 Å². The lowest BCUT2D eigenvalue weighted by Crippen LogP contribution is -2.37. The van der Waals surface area contributed by atoms with Gasteiger partial charge in [0.2, 0.25) is 0 Å². The molecule has 0 fully saturated rings. The van der Waals surface area contributed by atoms with Crippen molar-refractivity contribution in [2.75, 3.05) is 33.7 Å². The number of carbonyl (C=O) groups excluding carboxylic acids is 1. The molecule has 1 amide bonds. The van der Waals surface area contributed by atoms with Crippen LogP contribution < -0.4 is 5.32 Å². The van der Waals surface area contributed by atoms with Crippen LogP contribution in [-0.2, 0) is 19.5 Å². The van der Waals surface area contributed by atoms with E-state index in [1.54, 1.807) is 17.0 Å². The minimum Gasteiger partial charge on any atom is -0.332 e. The molecule has 8 heteroatoms. The summed E-state index contributed by atoms with van der Waals surface area (Å²) >= 11 is 0. The smallest absolute Gasteiger partial charge is 0.275 e. The zero-order valence-electron chi connectivity index (χ0n) is 15.1. The number of fused-ring (bicyclic) bond motifs is 1. The van der Waals surface area contributed by atoms with E-state index in [0.717, 1.165) is 36.3 Å². The van der Waals surface area contributed by atoms with Crippen molar-refractivity contribution < 1.29 is 9.18 Å². The van der Waals surface area contributed by atoms with Gasteiger partial charge in [0.15, 0.2) is 5.69 Å². The van der Waals surface area contributed by atoms with E-state index in [2.05, 4.69) is 15.5 Å². The van der Waals surface area contributed by atoms with Crippen LogP contribution in [0.2, 0.25) is 0 Å². The average Bonchev–Trinajstić information content (AvgIpc) is 3.03. The number of carbonyl (C=O) groups is 1. The number of hydrogen-bond acceptors (Lipinski definition) is 4. The summed E-state index contributed by atoms with van der Waals surface area (Å²) in [4.78, 5) is 16.9. The second-order valence-corrected chi connectivity index (χ2v) is 6.61. The van der Waals surface area contributed by atoms with Gasteiger partial charge in [0, 0.05) is 50.4 Å². The summed E-state index contributed by atoms with van der Waals surface area (Å²) < 4.78 is 13.1. The molecule has 1 aliphatic heterocycles. The number of H-pyrrole nitrogens is 1. The van der Waals surface area contributed by atoms with E-state index < -0.39 is 0 Å². The summed E-state index contributed by atoms with van der Waals surface area (Å²) in [6.07, 6.45) is 0.852. The molecule has 1 aromatic heterocycles. The maximum absolute atomic E-state index is 13.1. The van der Waals surface area contributed by atoms with Crippen LogP contribution in [-0.4, -0.2) is 59.6 Å². The molecule has 2 N–H and O–H groups in total. The zero-order chi connectivity index (χ0) is 17.8. The number of rotatable bonds is 6. The van der Waals surface area contributed by atoms with Crippen LogP contribution in [0.1, 0.15) is 27.3 Å². The Morgan fingerprint density at radius 1 is 1.23 bits per heavy atom. The molecule has 6 nitrogen and oxygen atoms in total. The number of nitrogens with zero attached hydrogens (tertiary/aromatic N) is 3. The van der Waals surface area contributed by atoms with Gasteiger partial charge in [0.05, 0.1) is 0 Å². The Hall–Kier alpha value is -1.96. The third-order valence-corrected chi connectivity index (χ3v) is 4.40. The van der Waals surface area contributed by atoms with Crippen molar-refractivity contribution in [3.05, 3.63) is 52.6 Å². The summed E-state index contributed by atoms with van der Waals surface area (Å²) in [6, 6.07) is 6.27. The number of aromatic amines is 1. The highest BCUT2D eigenvalue weighted by atomic mass is 35.5. The largest absolute Gasteiger partial charge is 0.332 e. The Kier molecular flexibility index (Phi) is 7.14. The predicted octanol–water partition coefficient (Wildman–Crippen LogP) is 1.82. The number of amides is 1. The first-order valence-electron chi connectivity index (χ1n) is 8.50. The van der Waals surface area contributed by atoms with Crippen LogP contribution in [0.15, 0.2) is 24.3 Å². The fourth-order valence-corrected chi connectivity index (χ4v) is 2.94. The molecule has 0 atom stereocenters. The van der Waals surface area contributed by atoms with Gasteiger partial charge in [-0.25, -0.2) is 4.39 Å². The number of halogens is 2. The molecule has 1 aliphatic rings. The number of aromatic nitrogens is 2. The molecular weight excluding hydrogens is 357 g/mol. The predicted molar refractivity (Wildman–Crippen MR) is 101 cm³/mol. The second-order valence-electron chi connectivity index (χ2n) is 6.61. The molecule has 2 aromatic rings. The molecule has 0 unspecified atom stereocenters. The highest BCUT2D eigenvalue weighted by molar-refractivity contribution is 5.94. The molecule has 0 aliphatic carbocycles. The number of nitrogens with one attached hydrogen (secondary N) is 2. The van der Waals surface area contributed by atoms with Gasteiger partial charge in [-0.1, -0.05) is 12.1 Å². The first kappa shape index (κ1) is 20.4. The van der Waals surface area contributed by atoms with Crippen LogP contribution in [0.3, 0.4) is 0 Å². The van der Waals surface area contributed by atoms with E-state index in [-0.39, 0.29) is 24.1 Å². The van der Waals surface area contributed by atoms with E-state index in [9.17, 15) is 9.18 Å². The Balaban J connectivity index is 0.00000243. The second kappa shape index (κ2) is 9.12. The topological polar surface area (TPSA) is 64.3 Å². The SMILES string of the molecule is CN(C)CCN(Cc1ccc(F)cc1)C(=O)c1n[nH]c2c1CNCC2.Cl. The molecule has 3 rings (SSSR count). The van der Waals surface area contributed by atoms with E-state index in [0.29, 0.717) is 25.3 Å². The number of likely N-dealkylation sites (N-methyl/N-ethyl adjacent to an activating group) is 1. The van der Waals surface area contributed by atoms with E-state index in [1.807, 2.05) is 19.0 Å². The summed E-state index contributed by atoms with van der Waals surface area (Å²) in [5.41, 5.74) is 3.39. The fourth-order valence-electron chi connectivity index (χ4n) is 2.94. The van der Waals surface area contributed by atoms with Crippen LogP contribution >= 0.6 is 12.4 Å². The first-order valence-corrected chi connectivity index (χ1v) is 8.50. The Morgan fingerprint density at radius 2 is 1.96 bits per heavy atom. The van der Waals surface area contributed by atoms with Gasteiger partial charge in [-0.05, 0) is 31.8 Å². The first-order chi connectivity index (χ1) is 12.0. The molecular formula is C18H25ClFN5O. The third-order valence-electron chi connectivity index (χ3n) is 4.40. The molecule has 0 bridgehead atoms. The van der Waals surface area contributed by atoms with Gasteiger partial charge < -0.3 is 15.1 Å².